The fourth-order valence-corrected chi connectivity index (χ4v) is 3.96. The number of nitrogens with one attached hydrogen (secondary N) is 3. The van der Waals surface area contributed by atoms with Crippen LogP contribution in [0.25, 0.3) is 0 Å². The summed E-state index contributed by atoms with van der Waals surface area (Å²) in [5.41, 5.74) is 1.09. The van der Waals surface area contributed by atoms with E-state index in [9.17, 15) is 8.42 Å². The number of aromatic nitrogens is 2. The summed E-state index contributed by atoms with van der Waals surface area (Å²) in [5.74, 6) is 0. The van der Waals surface area contributed by atoms with Gasteiger partial charge in [0, 0.05) is 18.6 Å². The lowest BCUT2D eigenvalue weighted by Gasteiger charge is -2.28. The third-order valence-corrected chi connectivity index (χ3v) is 5.09. The molecule has 0 aromatic carbocycles. The van der Waals surface area contributed by atoms with Gasteiger partial charge in [-0.1, -0.05) is 0 Å². The van der Waals surface area contributed by atoms with Gasteiger partial charge < -0.3 is 5.32 Å². The molecule has 1 aliphatic rings. The van der Waals surface area contributed by atoms with Crippen LogP contribution in [-0.4, -0.2) is 37.2 Å². The standard InChI is InChI=1S/C11H20N4O2S/c1-7-4-5-10(6-12-7)15-18(16,17)11-8(2)13-14-9(11)3/h7,10,12,15H,4-6H2,1-3H3,(H,13,14). The third-order valence-electron chi connectivity index (χ3n) is 3.31. The Bertz CT molecular complexity index is 496. The van der Waals surface area contributed by atoms with Gasteiger partial charge in [0.05, 0.1) is 11.4 Å². The summed E-state index contributed by atoms with van der Waals surface area (Å²) in [6.45, 7) is 6.19. The first-order valence-electron chi connectivity index (χ1n) is 6.17. The van der Waals surface area contributed by atoms with Crippen molar-refractivity contribution >= 4 is 10.0 Å². The summed E-state index contributed by atoms with van der Waals surface area (Å²) in [6.07, 6.45) is 1.85. The van der Waals surface area contributed by atoms with Crippen LogP contribution in [0.5, 0.6) is 0 Å². The molecule has 1 fully saturated rings. The Morgan fingerprint density at radius 1 is 1.33 bits per heavy atom. The molecule has 0 amide bonds. The van der Waals surface area contributed by atoms with Gasteiger partial charge in [0.1, 0.15) is 4.90 Å². The Balaban J connectivity index is 2.13. The molecule has 18 heavy (non-hydrogen) atoms. The number of hydrogen-bond donors (Lipinski definition) is 3. The van der Waals surface area contributed by atoms with Crippen LogP contribution in [0.1, 0.15) is 31.2 Å². The van der Waals surface area contributed by atoms with Gasteiger partial charge in [-0.3, -0.25) is 5.10 Å². The molecule has 2 rings (SSSR count). The highest BCUT2D eigenvalue weighted by Gasteiger charge is 2.27. The van der Waals surface area contributed by atoms with Crippen molar-refractivity contribution in [3.8, 4) is 0 Å². The average Bonchev–Trinajstić information content (AvgIpc) is 2.62. The van der Waals surface area contributed by atoms with E-state index < -0.39 is 10.0 Å². The summed E-state index contributed by atoms with van der Waals surface area (Å²) in [5, 5.41) is 9.91. The Morgan fingerprint density at radius 2 is 2.06 bits per heavy atom. The van der Waals surface area contributed by atoms with Crippen LogP contribution < -0.4 is 10.0 Å². The minimum absolute atomic E-state index is 0.0418. The summed E-state index contributed by atoms with van der Waals surface area (Å²) in [6, 6.07) is 0.419. The Kier molecular flexibility index (Phi) is 3.74. The van der Waals surface area contributed by atoms with E-state index in [2.05, 4.69) is 27.2 Å². The quantitative estimate of drug-likeness (QED) is 0.745. The summed E-state index contributed by atoms with van der Waals surface area (Å²) >= 11 is 0. The molecule has 1 saturated heterocycles. The normalized spacial score (nSPS) is 25.3. The monoisotopic (exact) mass is 272 g/mol. The molecule has 2 heterocycles. The largest absolute Gasteiger partial charge is 0.313 e. The first-order chi connectivity index (χ1) is 8.40. The number of H-pyrrole nitrogens is 1. The van der Waals surface area contributed by atoms with E-state index >= 15 is 0 Å². The van der Waals surface area contributed by atoms with Gasteiger partial charge in [0.15, 0.2) is 0 Å². The van der Waals surface area contributed by atoms with Crippen LogP contribution in [0.15, 0.2) is 4.90 Å². The predicted molar refractivity (Wildman–Crippen MR) is 68.9 cm³/mol. The van der Waals surface area contributed by atoms with Crippen LogP contribution in [0.2, 0.25) is 0 Å². The second kappa shape index (κ2) is 4.99. The number of piperidine rings is 1. The predicted octanol–water partition coefficient (Wildman–Crippen LogP) is 0.445. The first kappa shape index (κ1) is 13.5. The zero-order chi connectivity index (χ0) is 13.3. The second-order valence-electron chi connectivity index (χ2n) is 4.97. The number of aryl methyl sites for hydroxylation is 2. The lowest BCUT2D eigenvalue weighted by Crippen LogP contribution is -2.48. The van der Waals surface area contributed by atoms with Gasteiger partial charge in [-0.2, -0.15) is 5.10 Å². The lowest BCUT2D eigenvalue weighted by atomic mass is 10.0. The molecule has 2 unspecified atom stereocenters. The van der Waals surface area contributed by atoms with Crippen molar-refractivity contribution in [1.82, 2.24) is 20.2 Å². The molecule has 2 atom stereocenters. The second-order valence-corrected chi connectivity index (χ2v) is 6.62. The molecular weight excluding hydrogens is 252 g/mol. The highest BCUT2D eigenvalue weighted by Crippen LogP contribution is 2.18. The van der Waals surface area contributed by atoms with E-state index in [1.807, 2.05) is 0 Å². The highest BCUT2D eigenvalue weighted by atomic mass is 32.2. The Labute approximate surface area is 108 Å². The zero-order valence-electron chi connectivity index (χ0n) is 10.9. The van der Waals surface area contributed by atoms with E-state index in [4.69, 9.17) is 0 Å². The van der Waals surface area contributed by atoms with Crippen LogP contribution in [0.3, 0.4) is 0 Å². The number of rotatable bonds is 3. The molecule has 0 saturated carbocycles. The van der Waals surface area contributed by atoms with E-state index in [0.29, 0.717) is 24.0 Å². The van der Waals surface area contributed by atoms with Crippen LogP contribution in [0, 0.1) is 13.8 Å². The van der Waals surface area contributed by atoms with E-state index in [-0.39, 0.29) is 10.9 Å². The molecule has 0 aliphatic carbocycles. The van der Waals surface area contributed by atoms with Crippen molar-refractivity contribution in [1.29, 1.82) is 0 Å². The fourth-order valence-electron chi connectivity index (χ4n) is 2.31. The molecule has 7 heteroatoms. The van der Waals surface area contributed by atoms with Crippen molar-refractivity contribution in [3.05, 3.63) is 11.4 Å². The van der Waals surface area contributed by atoms with Gasteiger partial charge >= 0.3 is 0 Å². The number of sulfonamides is 1. The van der Waals surface area contributed by atoms with Gasteiger partial charge in [0.25, 0.3) is 0 Å². The molecule has 1 aromatic rings. The summed E-state index contributed by atoms with van der Waals surface area (Å²) in [4.78, 5) is 0.279. The zero-order valence-corrected chi connectivity index (χ0v) is 11.8. The van der Waals surface area contributed by atoms with E-state index in [1.165, 1.54) is 0 Å². The maximum atomic E-state index is 12.3. The molecule has 0 spiro atoms. The highest BCUT2D eigenvalue weighted by molar-refractivity contribution is 7.89. The number of nitrogens with zero attached hydrogens (tertiary/aromatic N) is 1. The average molecular weight is 272 g/mol. The first-order valence-corrected chi connectivity index (χ1v) is 7.65. The Morgan fingerprint density at radius 3 is 2.56 bits per heavy atom. The molecule has 0 bridgehead atoms. The molecule has 3 N–H and O–H groups in total. The lowest BCUT2D eigenvalue weighted by molar-refractivity contribution is 0.366. The maximum absolute atomic E-state index is 12.3. The van der Waals surface area contributed by atoms with Crippen molar-refractivity contribution in [2.75, 3.05) is 6.54 Å². The Hall–Kier alpha value is -0.920. The van der Waals surface area contributed by atoms with Gasteiger partial charge in [-0.05, 0) is 33.6 Å². The van der Waals surface area contributed by atoms with Crippen molar-refractivity contribution < 1.29 is 8.42 Å². The van der Waals surface area contributed by atoms with Crippen molar-refractivity contribution in [2.45, 2.75) is 50.6 Å². The van der Waals surface area contributed by atoms with Gasteiger partial charge in [0.2, 0.25) is 10.0 Å². The minimum Gasteiger partial charge on any atom is -0.313 e. The molecule has 1 aliphatic heterocycles. The maximum Gasteiger partial charge on any atom is 0.244 e. The van der Waals surface area contributed by atoms with Gasteiger partial charge in [-0.25, -0.2) is 13.1 Å². The minimum atomic E-state index is -3.48. The number of aromatic amines is 1. The molecular formula is C11H20N4O2S. The molecule has 1 aromatic heterocycles. The van der Waals surface area contributed by atoms with Crippen LogP contribution in [0.4, 0.5) is 0 Å². The van der Waals surface area contributed by atoms with Crippen molar-refractivity contribution in [2.24, 2.45) is 0 Å². The number of hydrogen-bond acceptors (Lipinski definition) is 4. The topological polar surface area (TPSA) is 86.9 Å². The van der Waals surface area contributed by atoms with E-state index in [1.54, 1.807) is 13.8 Å². The summed E-state index contributed by atoms with van der Waals surface area (Å²) < 4.78 is 27.3. The third kappa shape index (κ3) is 2.73. The van der Waals surface area contributed by atoms with E-state index in [0.717, 1.165) is 12.8 Å². The van der Waals surface area contributed by atoms with Crippen LogP contribution >= 0.6 is 0 Å². The summed E-state index contributed by atoms with van der Waals surface area (Å²) in [7, 11) is -3.48. The molecule has 102 valence electrons. The van der Waals surface area contributed by atoms with Crippen molar-refractivity contribution in [3.63, 3.8) is 0 Å². The molecule has 0 radical (unpaired) electrons. The van der Waals surface area contributed by atoms with Crippen LogP contribution in [-0.2, 0) is 10.0 Å². The van der Waals surface area contributed by atoms with Gasteiger partial charge in [-0.15, -0.1) is 0 Å². The fraction of sp³-hybridized carbons (Fsp3) is 0.727. The molecule has 6 nitrogen and oxygen atoms in total. The smallest absolute Gasteiger partial charge is 0.244 e. The SMILES string of the molecule is Cc1n[nH]c(C)c1S(=O)(=O)NC1CCC(C)NC1.